The van der Waals surface area contributed by atoms with E-state index in [0.717, 1.165) is 11.1 Å². The molecule has 2 rings (SSSR count). The van der Waals surface area contributed by atoms with Gasteiger partial charge in [0.05, 0.1) is 18.7 Å². The van der Waals surface area contributed by atoms with Gasteiger partial charge in [-0.15, -0.1) is 0 Å². The van der Waals surface area contributed by atoms with Crippen LogP contribution >= 0.6 is 11.6 Å². The van der Waals surface area contributed by atoms with E-state index in [1.165, 1.54) is 0 Å². The van der Waals surface area contributed by atoms with E-state index in [0.29, 0.717) is 49.2 Å². The summed E-state index contributed by atoms with van der Waals surface area (Å²) in [5.74, 6) is 1.14. The van der Waals surface area contributed by atoms with E-state index in [-0.39, 0.29) is 5.91 Å². The maximum Gasteiger partial charge on any atom is 0.221 e. The third-order valence-electron chi connectivity index (χ3n) is 3.65. The van der Waals surface area contributed by atoms with Crippen LogP contribution in [0.5, 0.6) is 11.5 Å². The van der Waals surface area contributed by atoms with Crippen LogP contribution in [0.25, 0.3) is 0 Å². The van der Waals surface area contributed by atoms with E-state index in [1.807, 2.05) is 31.2 Å². The summed E-state index contributed by atoms with van der Waals surface area (Å²) in [6.07, 6.45) is 3.83. The van der Waals surface area contributed by atoms with Crippen molar-refractivity contribution in [3.63, 3.8) is 0 Å². The first-order valence-corrected chi connectivity index (χ1v) is 8.87. The van der Waals surface area contributed by atoms with Crippen LogP contribution < -0.4 is 20.1 Å². The fourth-order valence-electron chi connectivity index (χ4n) is 2.39. The standard InChI is InChI=1S/C19H24ClN3O3/c1-3-26-19-16(20)9-15(10-17(19)25-2)12-22-8-6-18(24)23-13-14-5-4-7-21-11-14/h4-5,7,9-11,22H,3,6,8,12-13H2,1-2H3,(H,23,24). The quantitative estimate of drug-likeness (QED) is 0.623. The van der Waals surface area contributed by atoms with Gasteiger partial charge in [0.1, 0.15) is 0 Å². The van der Waals surface area contributed by atoms with Crippen molar-refractivity contribution in [2.24, 2.45) is 0 Å². The molecule has 1 heterocycles. The van der Waals surface area contributed by atoms with Crippen molar-refractivity contribution >= 4 is 17.5 Å². The molecule has 0 atom stereocenters. The summed E-state index contributed by atoms with van der Waals surface area (Å²) in [6, 6.07) is 7.49. The Labute approximate surface area is 158 Å². The highest BCUT2D eigenvalue weighted by Gasteiger charge is 2.11. The molecule has 0 saturated heterocycles. The van der Waals surface area contributed by atoms with Gasteiger partial charge in [0.2, 0.25) is 5.91 Å². The number of ether oxygens (including phenoxy) is 2. The molecule has 6 nitrogen and oxygen atoms in total. The van der Waals surface area contributed by atoms with Gasteiger partial charge in [-0.05, 0) is 36.2 Å². The molecule has 1 amide bonds. The van der Waals surface area contributed by atoms with E-state index in [1.54, 1.807) is 19.5 Å². The van der Waals surface area contributed by atoms with Gasteiger partial charge in [-0.3, -0.25) is 9.78 Å². The number of hydrogen-bond donors (Lipinski definition) is 2. The lowest BCUT2D eigenvalue weighted by molar-refractivity contribution is -0.121. The van der Waals surface area contributed by atoms with E-state index in [9.17, 15) is 4.79 Å². The number of carbonyl (C=O) groups excluding carboxylic acids is 1. The zero-order valence-electron chi connectivity index (χ0n) is 15.0. The molecule has 1 aromatic carbocycles. The highest BCUT2D eigenvalue weighted by Crippen LogP contribution is 2.36. The molecule has 0 aliphatic heterocycles. The summed E-state index contributed by atoms with van der Waals surface area (Å²) in [6.45, 7) is 4.04. The first-order chi connectivity index (χ1) is 12.6. The zero-order chi connectivity index (χ0) is 18.8. The SMILES string of the molecule is CCOc1c(Cl)cc(CNCCC(=O)NCc2cccnc2)cc1OC. The molecule has 0 spiro atoms. The second-order valence-corrected chi connectivity index (χ2v) is 6.01. The zero-order valence-corrected chi connectivity index (χ0v) is 15.8. The number of methoxy groups -OCH3 is 1. The number of rotatable bonds is 10. The van der Waals surface area contributed by atoms with Crippen LogP contribution in [-0.2, 0) is 17.9 Å². The predicted molar refractivity (Wildman–Crippen MR) is 102 cm³/mol. The van der Waals surface area contributed by atoms with Crippen LogP contribution in [0, 0.1) is 0 Å². The average molecular weight is 378 g/mol. The maximum atomic E-state index is 11.9. The van der Waals surface area contributed by atoms with Crippen molar-refractivity contribution in [3.8, 4) is 11.5 Å². The third kappa shape index (κ3) is 6.20. The normalized spacial score (nSPS) is 10.4. The predicted octanol–water partition coefficient (Wildman–Crippen LogP) is 2.94. The first kappa shape index (κ1) is 20.0. The average Bonchev–Trinajstić information content (AvgIpc) is 2.66. The largest absolute Gasteiger partial charge is 0.493 e. The summed E-state index contributed by atoms with van der Waals surface area (Å²) in [5.41, 5.74) is 1.94. The number of pyridine rings is 1. The van der Waals surface area contributed by atoms with Crippen LogP contribution in [0.4, 0.5) is 0 Å². The minimum Gasteiger partial charge on any atom is -0.493 e. The van der Waals surface area contributed by atoms with E-state index < -0.39 is 0 Å². The van der Waals surface area contributed by atoms with Crippen molar-refractivity contribution in [3.05, 3.63) is 52.8 Å². The number of nitrogens with one attached hydrogen (secondary N) is 2. The van der Waals surface area contributed by atoms with Gasteiger partial charge >= 0.3 is 0 Å². The number of nitrogens with zero attached hydrogens (tertiary/aromatic N) is 1. The highest BCUT2D eigenvalue weighted by molar-refractivity contribution is 6.32. The summed E-state index contributed by atoms with van der Waals surface area (Å²) in [4.78, 5) is 15.9. The number of hydrogen-bond acceptors (Lipinski definition) is 5. The monoisotopic (exact) mass is 377 g/mol. The van der Waals surface area contributed by atoms with E-state index in [2.05, 4.69) is 15.6 Å². The number of aromatic nitrogens is 1. The van der Waals surface area contributed by atoms with Crippen LogP contribution in [0.1, 0.15) is 24.5 Å². The molecule has 26 heavy (non-hydrogen) atoms. The third-order valence-corrected chi connectivity index (χ3v) is 3.93. The molecule has 7 heteroatoms. The molecule has 2 aromatic rings. The summed E-state index contributed by atoms with van der Waals surface area (Å²) in [7, 11) is 1.58. The van der Waals surface area contributed by atoms with Crippen LogP contribution in [-0.4, -0.2) is 31.2 Å². The Morgan fingerprint density at radius 1 is 1.27 bits per heavy atom. The topological polar surface area (TPSA) is 72.5 Å². The molecule has 0 saturated carbocycles. The Morgan fingerprint density at radius 2 is 2.12 bits per heavy atom. The van der Waals surface area contributed by atoms with Gasteiger partial charge in [-0.1, -0.05) is 17.7 Å². The molecule has 0 unspecified atom stereocenters. The molecule has 0 aliphatic carbocycles. The van der Waals surface area contributed by atoms with Crippen molar-refractivity contribution in [1.29, 1.82) is 0 Å². The fourth-order valence-corrected chi connectivity index (χ4v) is 2.67. The fraction of sp³-hybridized carbons (Fsp3) is 0.368. The molecule has 0 radical (unpaired) electrons. The van der Waals surface area contributed by atoms with Crippen molar-refractivity contribution < 1.29 is 14.3 Å². The van der Waals surface area contributed by atoms with E-state index >= 15 is 0 Å². The molecule has 140 valence electrons. The second-order valence-electron chi connectivity index (χ2n) is 5.61. The van der Waals surface area contributed by atoms with Gasteiger partial charge in [-0.25, -0.2) is 0 Å². The number of benzene rings is 1. The van der Waals surface area contributed by atoms with Gasteiger partial charge in [0.25, 0.3) is 0 Å². The number of halogens is 1. The minimum absolute atomic E-state index is 0.0105. The van der Waals surface area contributed by atoms with Gasteiger partial charge in [0.15, 0.2) is 11.5 Å². The maximum absolute atomic E-state index is 11.9. The van der Waals surface area contributed by atoms with Crippen molar-refractivity contribution in [2.75, 3.05) is 20.3 Å². The smallest absolute Gasteiger partial charge is 0.221 e. The molecule has 2 N–H and O–H groups in total. The number of amides is 1. The van der Waals surface area contributed by atoms with Crippen LogP contribution in [0.2, 0.25) is 5.02 Å². The summed E-state index contributed by atoms with van der Waals surface area (Å²) in [5, 5.41) is 6.61. The molecule has 0 aliphatic rings. The van der Waals surface area contributed by atoms with Gasteiger partial charge in [-0.2, -0.15) is 0 Å². The highest BCUT2D eigenvalue weighted by atomic mass is 35.5. The minimum atomic E-state index is -0.0105. The molecule has 1 aromatic heterocycles. The van der Waals surface area contributed by atoms with Gasteiger partial charge < -0.3 is 20.1 Å². The Bertz CT molecular complexity index is 711. The summed E-state index contributed by atoms with van der Waals surface area (Å²) >= 11 is 6.25. The Morgan fingerprint density at radius 3 is 2.81 bits per heavy atom. The second kappa shape index (κ2) is 10.6. The Kier molecular flexibility index (Phi) is 8.18. The Balaban J connectivity index is 1.75. The lowest BCUT2D eigenvalue weighted by Crippen LogP contribution is -2.27. The van der Waals surface area contributed by atoms with Crippen molar-refractivity contribution in [1.82, 2.24) is 15.6 Å². The lowest BCUT2D eigenvalue weighted by atomic mass is 10.2. The number of carbonyl (C=O) groups is 1. The first-order valence-electron chi connectivity index (χ1n) is 8.49. The van der Waals surface area contributed by atoms with Crippen molar-refractivity contribution in [2.45, 2.75) is 26.4 Å². The molecule has 0 fully saturated rings. The Hall–Kier alpha value is -2.31. The van der Waals surface area contributed by atoms with E-state index in [4.69, 9.17) is 21.1 Å². The van der Waals surface area contributed by atoms with Crippen LogP contribution in [0.15, 0.2) is 36.7 Å². The molecular formula is C19H24ClN3O3. The lowest BCUT2D eigenvalue weighted by Gasteiger charge is -2.13. The molecular weight excluding hydrogens is 354 g/mol. The van der Waals surface area contributed by atoms with Crippen LogP contribution in [0.3, 0.4) is 0 Å². The summed E-state index contributed by atoms with van der Waals surface area (Å²) < 4.78 is 10.8. The van der Waals surface area contributed by atoms with Gasteiger partial charge in [0, 0.05) is 38.4 Å². The molecule has 0 bridgehead atoms.